The van der Waals surface area contributed by atoms with E-state index in [4.69, 9.17) is 16.9 Å². The van der Waals surface area contributed by atoms with Gasteiger partial charge in [0.05, 0.1) is 17.6 Å². The van der Waals surface area contributed by atoms with Crippen LogP contribution in [-0.2, 0) is 16.1 Å². The largest absolute Gasteiger partial charge is 0.341 e. The summed E-state index contributed by atoms with van der Waals surface area (Å²) in [5, 5.41) is 9.45. The molecule has 1 unspecified atom stereocenters. The van der Waals surface area contributed by atoms with Gasteiger partial charge in [-0.15, -0.1) is 0 Å². The Morgan fingerprint density at radius 3 is 2.50 bits per heavy atom. The van der Waals surface area contributed by atoms with Gasteiger partial charge in [0, 0.05) is 37.3 Å². The molecule has 1 atom stereocenters. The maximum absolute atomic E-state index is 12.7. The number of nitriles is 1. The van der Waals surface area contributed by atoms with Crippen molar-refractivity contribution in [1.29, 1.82) is 5.26 Å². The van der Waals surface area contributed by atoms with E-state index in [-0.39, 0.29) is 24.2 Å². The fourth-order valence-electron chi connectivity index (χ4n) is 3.09. The van der Waals surface area contributed by atoms with Gasteiger partial charge in [-0.3, -0.25) is 9.59 Å². The van der Waals surface area contributed by atoms with Gasteiger partial charge < -0.3 is 9.80 Å². The number of rotatable bonds is 4. The minimum absolute atomic E-state index is 0.0563. The van der Waals surface area contributed by atoms with E-state index < -0.39 is 0 Å². The molecule has 0 radical (unpaired) electrons. The SMILES string of the molecule is CN(Cc1ccc(C#N)cc1)C(=O)C1CC(=O)N(c2ccc(Cl)cc2)C1. The first-order valence-corrected chi connectivity index (χ1v) is 8.65. The van der Waals surface area contributed by atoms with E-state index >= 15 is 0 Å². The standard InChI is InChI=1S/C20H18ClN3O2/c1-23(12-15-4-2-14(11-22)3-5-15)20(26)16-10-19(25)24(13-16)18-8-6-17(21)7-9-18/h2-9,16H,10,12-13H2,1H3. The Morgan fingerprint density at radius 2 is 1.88 bits per heavy atom. The number of benzene rings is 2. The van der Waals surface area contributed by atoms with E-state index in [1.807, 2.05) is 12.1 Å². The summed E-state index contributed by atoms with van der Waals surface area (Å²) in [6.07, 6.45) is 0.208. The molecule has 0 saturated carbocycles. The minimum Gasteiger partial charge on any atom is -0.341 e. The van der Waals surface area contributed by atoms with Crippen LogP contribution in [-0.4, -0.2) is 30.3 Å². The van der Waals surface area contributed by atoms with Gasteiger partial charge in [0.2, 0.25) is 11.8 Å². The summed E-state index contributed by atoms with van der Waals surface area (Å²) in [4.78, 5) is 28.3. The Morgan fingerprint density at radius 1 is 1.23 bits per heavy atom. The minimum atomic E-state index is -0.360. The van der Waals surface area contributed by atoms with E-state index in [0.717, 1.165) is 11.3 Å². The van der Waals surface area contributed by atoms with Gasteiger partial charge in [-0.05, 0) is 42.0 Å². The van der Waals surface area contributed by atoms with Gasteiger partial charge in [0.25, 0.3) is 0 Å². The van der Waals surface area contributed by atoms with Crippen molar-refractivity contribution in [2.45, 2.75) is 13.0 Å². The molecular formula is C20H18ClN3O2. The van der Waals surface area contributed by atoms with Crippen molar-refractivity contribution in [2.75, 3.05) is 18.5 Å². The Bertz CT molecular complexity index is 856. The number of carbonyl (C=O) groups is 2. The summed E-state index contributed by atoms with van der Waals surface area (Å²) in [5.74, 6) is -0.474. The van der Waals surface area contributed by atoms with Gasteiger partial charge >= 0.3 is 0 Å². The van der Waals surface area contributed by atoms with Crippen LogP contribution < -0.4 is 4.90 Å². The smallest absolute Gasteiger partial charge is 0.228 e. The molecule has 5 nitrogen and oxygen atoms in total. The van der Waals surface area contributed by atoms with Crippen LogP contribution in [0.1, 0.15) is 17.5 Å². The van der Waals surface area contributed by atoms with Crippen LogP contribution in [0.3, 0.4) is 0 Å². The van der Waals surface area contributed by atoms with Crippen LogP contribution in [0.25, 0.3) is 0 Å². The summed E-state index contributed by atoms with van der Waals surface area (Å²) in [6, 6.07) is 16.2. The zero-order valence-electron chi connectivity index (χ0n) is 14.4. The van der Waals surface area contributed by atoms with Gasteiger partial charge in [-0.1, -0.05) is 23.7 Å². The molecule has 0 spiro atoms. The molecule has 3 rings (SSSR count). The van der Waals surface area contributed by atoms with Gasteiger partial charge in [0.1, 0.15) is 0 Å². The fourth-order valence-corrected chi connectivity index (χ4v) is 3.22. The second kappa shape index (κ2) is 7.59. The van der Waals surface area contributed by atoms with E-state index in [0.29, 0.717) is 23.7 Å². The average Bonchev–Trinajstić information content (AvgIpc) is 3.04. The van der Waals surface area contributed by atoms with Crippen molar-refractivity contribution in [3.8, 4) is 6.07 Å². The summed E-state index contributed by atoms with van der Waals surface area (Å²) >= 11 is 5.89. The maximum Gasteiger partial charge on any atom is 0.228 e. The highest BCUT2D eigenvalue weighted by Crippen LogP contribution is 2.27. The molecule has 26 heavy (non-hydrogen) atoms. The first-order valence-electron chi connectivity index (χ1n) is 8.28. The quantitative estimate of drug-likeness (QED) is 0.833. The Labute approximate surface area is 157 Å². The van der Waals surface area contributed by atoms with E-state index in [2.05, 4.69) is 6.07 Å². The third-order valence-electron chi connectivity index (χ3n) is 4.49. The highest BCUT2D eigenvalue weighted by Gasteiger charge is 2.36. The normalized spacial score (nSPS) is 16.4. The van der Waals surface area contributed by atoms with Gasteiger partial charge in [-0.2, -0.15) is 5.26 Å². The lowest BCUT2D eigenvalue weighted by Crippen LogP contribution is -2.34. The molecule has 0 bridgehead atoms. The Kier molecular flexibility index (Phi) is 5.24. The van der Waals surface area contributed by atoms with Crippen molar-refractivity contribution in [3.05, 3.63) is 64.7 Å². The molecule has 132 valence electrons. The van der Waals surface area contributed by atoms with E-state index in [1.165, 1.54) is 0 Å². The van der Waals surface area contributed by atoms with Crippen LogP contribution in [0, 0.1) is 17.2 Å². The van der Waals surface area contributed by atoms with Crippen molar-refractivity contribution >= 4 is 29.1 Å². The number of hydrogen-bond donors (Lipinski definition) is 0. The molecule has 2 amide bonds. The lowest BCUT2D eigenvalue weighted by atomic mass is 10.1. The maximum atomic E-state index is 12.7. The molecule has 0 aliphatic carbocycles. The number of anilines is 1. The topological polar surface area (TPSA) is 64.4 Å². The number of hydrogen-bond acceptors (Lipinski definition) is 3. The molecule has 1 aliphatic rings. The van der Waals surface area contributed by atoms with Gasteiger partial charge in [-0.25, -0.2) is 0 Å². The fraction of sp³-hybridized carbons (Fsp3) is 0.250. The molecule has 1 aliphatic heterocycles. The first-order chi connectivity index (χ1) is 12.5. The van der Waals surface area contributed by atoms with E-state index in [9.17, 15) is 9.59 Å². The molecule has 2 aromatic carbocycles. The molecule has 1 saturated heterocycles. The molecular weight excluding hydrogens is 350 g/mol. The Hall–Kier alpha value is -2.84. The monoisotopic (exact) mass is 367 g/mol. The van der Waals surface area contributed by atoms with Crippen molar-refractivity contribution in [3.63, 3.8) is 0 Å². The molecule has 6 heteroatoms. The number of amides is 2. The number of nitrogens with zero attached hydrogens (tertiary/aromatic N) is 3. The van der Waals surface area contributed by atoms with E-state index in [1.54, 1.807) is 53.2 Å². The highest BCUT2D eigenvalue weighted by molar-refractivity contribution is 6.30. The third-order valence-corrected chi connectivity index (χ3v) is 4.74. The van der Waals surface area contributed by atoms with Crippen LogP contribution in [0.15, 0.2) is 48.5 Å². The number of carbonyl (C=O) groups excluding carboxylic acids is 2. The molecule has 2 aromatic rings. The summed E-state index contributed by atoms with van der Waals surface area (Å²) in [6.45, 7) is 0.813. The zero-order chi connectivity index (χ0) is 18.7. The van der Waals surface area contributed by atoms with Crippen molar-refractivity contribution in [1.82, 2.24) is 4.90 Å². The third kappa shape index (κ3) is 3.87. The van der Waals surface area contributed by atoms with Crippen LogP contribution in [0.2, 0.25) is 5.02 Å². The van der Waals surface area contributed by atoms with Gasteiger partial charge in [0.15, 0.2) is 0 Å². The lowest BCUT2D eigenvalue weighted by Gasteiger charge is -2.21. The predicted molar refractivity (Wildman–Crippen MR) is 99.5 cm³/mol. The predicted octanol–water partition coefficient (Wildman–Crippen LogP) is 3.22. The molecule has 1 heterocycles. The highest BCUT2D eigenvalue weighted by atomic mass is 35.5. The molecule has 0 N–H and O–H groups in total. The second-order valence-corrected chi connectivity index (χ2v) is 6.82. The van der Waals surface area contributed by atoms with Crippen LogP contribution in [0.5, 0.6) is 0 Å². The lowest BCUT2D eigenvalue weighted by molar-refractivity contribution is -0.135. The summed E-state index contributed by atoms with van der Waals surface area (Å²) < 4.78 is 0. The molecule has 1 fully saturated rings. The van der Waals surface area contributed by atoms with Crippen LogP contribution in [0.4, 0.5) is 5.69 Å². The summed E-state index contributed by atoms with van der Waals surface area (Å²) in [5.41, 5.74) is 2.28. The van der Waals surface area contributed by atoms with Crippen molar-refractivity contribution < 1.29 is 9.59 Å². The number of halogens is 1. The summed E-state index contributed by atoms with van der Waals surface area (Å²) in [7, 11) is 1.73. The second-order valence-electron chi connectivity index (χ2n) is 6.38. The van der Waals surface area contributed by atoms with Crippen LogP contribution >= 0.6 is 11.6 Å². The average molecular weight is 368 g/mol. The zero-order valence-corrected chi connectivity index (χ0v) is 15.1. The Balaban J connectivity index is 1.65. The first kappa shape index (κ1) is 18.0. The molecule has 0 aromatic heterocycles. The van der Waals surface area contributed by atoms with Crippen molar-refractivity contribution in [2.24, 2.45) is 5.92 Å².